The number of halogens is 2. The van der Waals surface area contributed by atoms with E-state index in [1.54, 1.807) is 0 Å². The van der Waals surface area contributed by atoms with Gasteiger partial charge in [0.05, 0.1) is 13.2 Å². The van der Waals surface area contributed by atoms with Crippen molar-refractivity contribution in [3.63, 3.8) is 0 Å². The number of nitrogens with zero attached hydrogens (tertiary/aromatic N) is 1. The lowest BCUT2D eigenvalue weighted by molar-refractivity contribution is 0.0723. The Labute approximate surface area is 116 Å². The molecule has 1 aliphatic rings. The van der Waals surface area contributed by atoms with Gasteiger partial charge < -0.3 is 4.74 Å². The molecule has 0 spiro atoms. The first-order valence-electron chi connectivity index (χ1n) is 6.20. The summed E-state index contributed by atoms with van der Waals surface area (Å²) in [6, 6.07) is 2.27. The quantitative estimate of drug-likeness (QED) is 0.909. The molecule has 1 N–H and O–H groups in total. The highest BCUT2D eigenvalue weighted by Gasteiger charge is 2.26. The smallest absolute Gasteiger partial charge is 0.280 e. The van der Waals surface area contributed by atoms with E-state index in [1.165, 1.54) is 17.3 Å². The van der Waals surface area contributed by atoms with Crippen LogP contribution in [0, 0.1) is 11.6 Å². The summed E-state index contributed by atoms with van der Waals surface area (Å²) >= 11 is 0. The second-order valence-corrected chi connectivity index (χ2v) is 6.22. The maximum absolute atomic E-state index is 13.6. The van der Waals surface area contributed by atoms with Crippen molar-refractivity contribution in [2.45, 2.75) is 13.0 Å². The average molecular weight is 306 g/mol. The highest BCUT2D eigenvalue weighted by Crippen LogP contribution is 2.19. The number of ether oxygens (including phenoxy) is 1. The number of nitrogens with one attached hydrogen (secondary N) is 1. The van der Waals surface area contributed by atoms with E-state index >= 15 is 0 Å². The SMILES string of the molecule is CC(NS(=O)(=O)N1CCOCC1)c1ccc(F)cc1F. The summed E-state index contributed by atoms with van der Waals surface area (Å²) in [5, 5.41) is 0. The Kier molecular flexibility index (Phi) is 4.69. The molecule has 1 fully saturated rings. The van der Waals surface area contributed by atoms with E-state index in [0.29, 0.717) is 13.2 Å². The highest BCUT2D eigenvalue weighted by atomic mass is 32.2. The summed E-state index contributed by atoms with van der Waals surface area (Å²) in [7, 11) is -3.71. The van der Waals surface area contributed by atoms with E-state index in [2.05, 4.69) is 4.72 Å². The lowest BCUT2D eigenvalue weighted by atomic mass is 10.1. The van der Waals surface area contributed by atoms with E-state index in [0.717, 1.165) is 12.1 Å². The van der Waals surface area contributed by atoms with Crippen LogP contribution < -0.4 is 4.72 Å². The Morgan fingerprint density at radius 2 is 1.95 bits per heavy atom. The molecule has 20 heavy (non-hydrogen) atoms. The van der Waals surface area contributed by atoms with Crippen LogP contribution in [0.3, 0.4) is 0 Å². The number of benzene rings is 1. The molecule has 0 radical (unpaired) electrons. The zero-order valence-electron chi connectivity index (χ0n) is 11.0. The van der Waals surface area contributed by atoms with Gasteiger partial charge in [-0.15, -0.1) is 0 Å². The van der Waals surface area contributed by atoms with Gasteiger partial charge in [-0.1, -0.05) is 6.07 Å². The van der Waals surface area contributed by atoms with Crippen LogP contribution in [0.1, 0.15) is 18.5 Å². The molecule has 1 atom stereocenters. The lowest BCUT2D eigenvalue weighted by Gasteiger charge is -2.27. The third-order valence-corrected chi connectivity index (χ3v) is 4.76. The van der Waals surface area contributed by atoms with Crippen molar-refractivity contribution in [1.82, 2.24) is 9.03 Å². The Morgan fingerprint density at radius 3 is 2.55 bits per heavy atom. The average Bonchev–Trinajstić information content (AvgIpc) is 2.39. The van der Waals surface area contributed by atoms with Crippen molar-refractivity contribution in [2.75, 3.05) is 26.3 Å². The van der Waals surface area contributed by atoms with Crippen LogP contribution >= 0.6 is 0 Å². The minimum atomic E-state index is -3.71. The molecule has 1 unspecified atom stereocenters. The number of hydrogen-bond donors (Lipinski definition) is 1. The van der Waals surface area contributed by atoms with Gasteiger partial charge in [0.25, 0.3) is 10.2 Å². The zero-order valence-corrected chi connectivity index (χ0v) is 11.8. The van der Waals surface area contributed by atoms with Gasteiger partial charge in [0.15, 0.2) is 0 Å². The van der Waals surface area contributed by atoms with Crippen LogP contribution in [-0.4, -0.2) is 39.0 Å². The van der Waals surface area contributed by atoms with Crippen LogP contribution in [0.2, 0.25) is 0 Å². The van der Waals surface area contributed by atoms with Gasteiger partial charge in [-0.25, -0.2) is 8.78 Å². The molecule has 0 aliphatic carbocycles. The fraction of sp³-hybridized carbons (Fsp3) is 0.500. The van der Waals surface area contributed by atoms with Gasteiger partial charge in [-0.3, -0.25) is 0 Å². The fourth-order valence-electron chi connectivity index (χ4n) is 2.00. The first kappa shape index (κ1) is 15.3. The fourth-order valence-corrected chi connectivity index (χ4v) is 3.35. The van der Waals surface area contributed by atoms with Crippen LogP contribution in [-0.2, 0) is 14.9 Å². The van der Waals surface area contributed by atoms with Gasteiger partial charge in [0, 0.05) is 30.8 Å². The van der Waals surface area contributed by atoms with Gasteiger partial charge in [0.1, 0.15) is 11.6 Å². The maximum atomic E-state index is 13.6. The van der Waals surface area contributed by atoms with Crippen molar-refractivity contribution in [3.8, 4) is 0 Å². The summed E-state index contributed by atoms with van der Waals surface area (Å²) in [6.45, 7) is 2.69. The minimum absolute atomic E-state index is 0.100. The zero-order chi connectivity index (χ0) is 14.8. The van der Waals surface area contributed by atoms with Crippen molar-refractivity contribution in [1.29, 1.82) is 0 Å². The Balaban J connectivity index is 2.11. The maximum Gasteiger partial charge on any atom is 0.280 e. The Bertz CT molecular complexity index is 574. The van der Waals surface area contributed by atoms with Gasteiger partial charge in [-0.05, 0) is 13.0 Å². The van der Waals surface area contributed by atoms with Crippen molar-refractivity contribution in [2.24, 2.45) is 0 Å². The summed E-state index contributed by atoms with van der Waals surface area (Å²) in [6.07, 6.45) is 0. The predicted molar refractivity (Wildman–Crippen MR) is 69.2 cm³/mol. The molecule has 1 aliphatic heterocycles. The largest absolute Gasteiger partial charge is 0.379 e. The molecule has 1 saturated heterocycles. The van der Waals surface area contributed by atoms with E-state index in [9.17, 15) is 17.2 Å². The minimum Gasteiger partial charge on any atom is -0.379 e. The molecule has 1 aromatic rings. The molecular weight excluding hydrogens is 290 g/mol. The summed E-state index contributed by atoms with van der Waals surface area (Å²) in [5.41, 5.74) is 0.100. The topological polar surface area (TPSA) is 58.6 Å². The number of morpholine rings is 1. The van der Waals surface area contributed by atoms with Crippen LogP contribution in [0.25, 0.3) is 0 Å². The molecule has 5 nitrogen and oxygen atoms in total. The second kappa shape index (κ2) is 6.13. The van der Waals surface area contributed by atoms with Crippen molar-refractivity contribution < 1.29 is 21.9 Å². The van der Waals surface area contributed by atoms with Gasteiger partial charge >= 0.3 is 0 Å². The predicted octanol–water partition coefficient (Wildman–Crippen LogP) is 1.19. The number of hydrogen-bond acceptors (Lipinski definition) is 3. The van der Waals surface area contributed by atoms with E-state index in [4.69, 9.17) is 4.74 Å². The van der Waals surface area contributed by atoms with E-state index < -0.39 is 27.9 Å². The Hall–Kier alpha value is -1.09. The molecule has 0 aromatic heterocycles. The standard InChI is InChI=1S/C12H16F2N2O3S/c1-9(11-3-2-10(13)8-12(11)14)15-20(17,18)16-4-6-19-7-5-16/h2-3,8-9,15H,4-7H2,1H3. The van der Waals surface area contributed by atoms with Crippen molar-refractivity contribution >= 4 is 10.2 Å². The molecule has 1 aromatic carbocycles. The molecule has 1 heterocycles. The first-order valence-corrected chi connectivity index (χ1v) is 7.64. The highest BCUT2D eigenvalue weighted by molar-refractivity contribution is 7.87. The number of rotatable bonds is 4. The van der Waals surface area contributed by atoms with Crippen LogP contribution in [0.15, 0.2) is 18.2 Å². The Morgan fingerprint density at radius 1 is 1.30 bits per heavy atom. The molecular formula is C12H16F2N2O3S. The van der Waals surface area contributed by atoms with Crippen molar-refractivity contribution in [3.05, 3.63) is 35.4 Å². The first-order chi connectivity index (χ1) is 9.40. The normalized spacial score (nSPS) is 18.9. The van der Waals surface area contributed by atoms with Gasteiger partial charge in [0.2, 0.25) is 0 Å². The molecule has 0 saturated carbocycles. The molecule has 0 bridgehead atoms. The summed E-state index contributed by atoms with van der Waals surface area (Å²) in [4.78, 5) is 0. The molecule has 2 rings (SSSR count). The monoisotopic (exact) mass is 306 g/mol. The van der Waals surface area contributed by atoms with E-state index in [-0.39, 0.29) is 18.7 Å². The van der Waals surface area contributed by atoms with Crippen LogP contribution in [0.5, 0.6) is 0 Å². The molecule has 0 amide bonds. The molecule has 112 valence electrons. The molecule has 8 heteroatoms. The summed E-state index contributed by atoms with van der Waals surface area (Å²) in [5.74, 6) is -1.48. The van der Waals surface area contributed by atoms with Crippen LogP contribution in [0.4, 0.5) is 8.78 Å². The third-order valence-electron chi connectivity index (χ3n) is 3.06. The third kappa shape index (κ3) is 3.51. The van der Waals surface area contributed by atoms with E-state index in [1.807, 2.05) is 0 Å². The lowest BCUT2D eigenvalue weighted by Crippen LogP contribution is -2.47. The van der Waals surface area contributed by atoms with Gasteiger partial charge in [-0.2, -0.15) is 17.4 Å². The second-order valence-electron chi connectivity index (χ2n) is 4.52. The summed E-state index contributed by atoms with van der Waals surface area (Å²) < 4.78 is 59.4.